The molecule has 0 saturated carbocycles. The van der Waals surface area contributed by atoms with Crippen molar-refractivity contribution >= 4 is 14.5 Å². The zero-order chi connectivity index (χ0) is 21.3. The molecule has 0 aromatic heterocycles. The van der Waals surface area contributed by atoms with E-state index in [-0.39, 0.29) is 34.0 Å². The second-order valence-corrected chi connectivity index (χ2v) is 15.0. The highest BCUT2D eigenvalue weighted by Gasteiger charge is 2.62. The molecule has 0 fully saturated rings. The second-order valence-electron chi connectivity index (χ2n) is 10.3. The molecule has 0 saturated heterocycles. The van der Waals surface area contributed by atoms with E-state index in [0.29, 0.717) is 6.42 Å². The second kappa shape index (κ2) is 8.15. The third-order valence-corrected chi connectivity index (χ3v) is 11.2. The lowest BCUT2D eigenvalue weighted by atomic mass is 9.84. The fraction of sp³-hybridized carbons (Fsp3) is 0.625. The lowest BCUT2D eigenvalue weighted by Crippen LogP contribution is -2.60. The molecule has 1 aromatic carbocycles. The summed E-state index contributed by atoms with van der Waals surface area (Å²) in [5.74, 6) is 0.213. The molecule has 1 aromatic rings. The first kappa shape index (κ1) is 22.9. The first-order valence-electron chi connectivity index (χ1n) is 10.4. The van der Waals surface area contributed by atoms with Crippen molar-refractivity contribution in [1.82, 2.24) is 0 Å². The van der Waals surface area contributed by atoms with Gasteiger partial charge in [-0.1, -0.05) is 97.4 Å². The molecule has 1 heterocycles. The Labute approximate surface area is 172 Å². The monoisotopic (exact) mass is 402 g/mol. The van der Waals surface area contributed by atoms with Gasteiger partial charge in [0.05, 0.1) is 12.5 Å². The molecule has 28 heavy (non-hydrogen) atoms. The van der Waals surface area contributed by atoms with Gasteiger partial charge in [0.2, 0.25) is 0 Å². The number of carbonyl (C=O) groups is 1. The molecule has 0 unspecified atom stereocenters. The van der Waals surface area contributed by atoms with Crippen molar-refractivity contribution in [3.05, 3.63) is 47.5 Å². The van der Waals surface area contributed by atoms with Crippen LogP contribution in [0.3, 0.4) is 0 Å². The molecule has 1 aliphatic rings. The number of hydrogen-bond acceptors (Lipinski definition) is 3. The summed E-state index contributed by atoms with van der Waals surface area (Å²) >= 11 is 0. The van der Waals surface area contributed by atoms with Crippen LogP contribution in [0.2, 0.25) is 10.1 Å². The Hall–Kier alpha value is -1.39. The van der Waals surface area contributed by atoms with Gasteiger partial charge >= 0.3 is 8.56 Å². The Morgan fingerprint density at radius 1 is 1.04 bits per heavy atom. The first-order chi connectivity index (χ1) is 12.8. The van der Waals surface area contributed by atoms with E-state index in [1.165, 1.54) is 11.1 Å². The van der Waals surface area contributed by atoms with Crippen molar-refractivity contribution in [2.24, 2.45) is 5.92 Å². The average molecular weight is 403 g/mol. The smallest absolute Gasteiger partial charge is 0.412 e. The minimum absolute atomic E-state index is 0.0605. The molecule has 1 aliphatic heterocycles. The number of benzene rings is 1. The van der Waals surface area contributed by atoms with E-state index < -0.39 is 8.56 Å². The third kappa shape index (κ3) is 4.43. The highest BCUT2D eigenvalue weighted by atomic mass is 28.4. The molecule has 3 nitrogen and oxygen atoms in total. The first-order valence-corrected chi connectivity index (χ1v) is 12.2. The van der Waals surface area contributed by atoms with Crippen LogP contribution in [0.25, 0.3) is 0 Å². The van der Waals surface area contributed by atoms with E-state index in [2.05, 4.69) is 86.6 Å². The fourth-order valence-electron chi connectivity index (χ4n) is 4.48. The van der Waals surface area contributed by atoms with Gasteiger partial charge in [0.1, 0.15) is 0 Å². The van der Waals surface area contributed by atoms with E-state index in [1.54, 1.807) is 0 Å². The molecule has 0 radical (unpaired) electrons. The van der Waals surface area contributed by atoms with Gasteiger partial charge in [0.25, 0.3) is 5.97 Å². The molecule has 0 N–H and O–H groups in total. The lowest BCUT2D eigenvalue weighted by Gasteiger charge is -2.50. The summed E-state index contributed by atoms with van der Waals surface area (Å²) in [5.41, 5.74) is 2.45. The van der Waals surface area contributed by atoms with Gasteiger partial charge in [-0.15, -0.1) is 0 Å². The Morgan fingerprint density at radius 2 is 1.57 bits per heavy atom. The minimum atomic E-state index is -2.98. The molecule has 156 valence electrons. The van der Waals surface area contributed by atoms with Crippen LogP contribution in [-0.4, -0.2) is 20.6 Å². The number of rotatable bonds is 2. The zero-order valence-electron chi connectivity index (χ0n) is 19.1. The van der Waals surface area contributed by atoms with Gasteiger partial charge in [-0.3, -0.25) is 4.79 Å². The normalized spacial score (nSPS) is 26.9. The summed E-state index contributed by atoms with van der Waals surface area (Å²) < 4.78 is 13.4. The Bertz CT molecular complexity index is 696. The number of hydrogen-bond donors (Lipinski definition) is 0. The van der Waals surface area contributed by atoms with Gasteiger partial charge in [-0.2, -0.15) is 0 Å². The van der Waals surface area contributed by atoms with Crippen molar-refractivity contribution in [2.75, 3.05) is 0 Å². The summed E-state index contributed by atoms with van der Waals surface area (Å²) in [5, 5.41) is -0.513. The van der Waals surface area contributed by atoms with E-state index in [4.69, 9.17) is 8.85 Å². The summed E-state index contributed by atoms with van der Waals surface area (Å²) in [6.45, 7) is 19.5. The standard InChI is InChI=1S/C24H38O3Si/c1-17-15-16-21(25)26-28(23(4,5)6,24(7,8)9)27-22(18(17)2)19(3)20-13-11-10-12-14-20/h10-15,18-19,22H,16H2,1-9H3/b17-15+/t18-,19-,22-/m1/s1. The van der Waals surface area contributed by atoms with Crippen LogP contribution >= 0.6 is 0 Å². The van der Waals surface area contributed by atoms with Crippen molar-refractivity contribution in [2.45, 2.75) is 90.8 Å². The van der Waals surface area contributed by atoms with Crippen LogP contribution in [0.1, 0.15) is 80.2 Å². The van der Waals surface area contributed by atoms with Crippen LogP contribution in [-0.2, 0) is 13.6 Å². The van der Waals surface area contributed by atoms with Crippen molar-refractivity contribution in [3.63, 3.8) is 0 Å². The van der Waals surface area contributed by atoms with Crippen LogP contribution in [0.4, 0.5) is 0 Å². The molecule has 0 spiro atoms. The maximum absolute atomic E-state index is 12.8. The van der Waals surface area contributed by atoms with Gasteiger partial charge in [0, 0.05) is 21.9 Å². The molecule has 0 amide bonds. The Balaban J connectivity index is 2.64. The van der Waals surface area contributed by atoms with E-state index >= 15 is 0 Å². The molecule has 0 bridgehead atoms. The van der Waals surface area contributed by atoms with Crippen LogP contribution in [0.15, 0.2) is 42.0 Å². The van der Waals surface area contributed by atoms with Crippen LogP contribution < -0.4 is 0 Å². The van der Waals surface area contributed by atoms with Crippen molar-refractivity contribution in [1.29, 1.82) is 0 Å². The summed E-state index contributed by atoms with van der Waals surface area (Å²) in [6.07, 6.45) is 2.28. The van der Waals surface area contributed by atoms with Crippen molar-refractivity contribution < 1.29 is 13.6 Å². The highest BCUT2D eigenvalue weighted by Crippen LogP contribution is 2.54. The van der Waals surface area contributed by atoms with E-state index in [0.717, 1.165) is 0 Å². The topological polar surface area (TPSA) is 35.5 Å². The SMILES string of the molecule is C/C1=C\CC(=O)O[Si](C(C)(C)C)(C(C)(C)C)O[C@@H]([C@H](C)c2ccccc2)[C@@H]1C. The van der Waals surface area contributed by atoms with Gasteiger partial charge < -0.3 is 8.85 Å². The average Bonchev–Trinajstić information content (AvgIpc) is 2.64. The summed E-state index contributed by atoms with van der Waals surface area (Å²) in [6, 6.07) is 10.5. The predicted octanol–water partition coefficient (Wildman–Crippen LogP) is 6.75. The molecule has 3 atom stereocenters. The van der Waals surface area contributed by atoms with Gasteiger partial charge in [0.15, 0.2) is 0 Å². The molecule has 4 heteroatoms. The van der Waals surface area contributed by atoms with Crippen LogP contribution in [0, 0.1) is 5.92 Å². The molecular weight excluding hydrogens is 364 g/mol. The van der Waals surface area contributed by atoms with E-state index in [1.807, 2.05) is 12.1 Å². The van der Waals surface area contributed by atoms with Crippen molar-refractivity contribution in [3.8, 4) is 0 Å². The van der Waals surface area contributed by atoms with Gasteiger partial charge in [-0.25, -0.2) is 0 Å². The number of carbonyl (C=O) groups excluding carboxylic acids is 1. The summed E-state index contributed by atoms with van der Waals surface area (Å²) in [7, 11) is -2.98. The molecule has 2 rings (SSSR count). The van der Waals surface area contributed by atoms with Gasteiger partial charge in [-0.05, 0) is 12.5 Å². The third-order valence-electron chi connectivity index (χ3n) is 6.15. The Morgan fingerprint density at radius 3 is 2.07 bits per heavy atom. The lowest BCUT2D eigenvalue weighted by molar-refractivity contribution is -0.137. The fourth-order valence-corrected chi connectivity index (χ4v) is 9.29. The maximum atomic E-state index is 12.8. The summed E-state index contributed by atoms with van der Waals surface area (Å²) in [4.78, 5) is 12.8. The van der Waals surface area contributed by atoms with Crippen LogP contribution in [0.5, 0.6) is 0 Å². The molecule has 0 aliphatic carbocycles. The molecular formula is C24H38O3Si. The largest absolute Gasteiger partial charge is 0.493 e. The minimum Gasteiger partial charge on any atom is -0.493 e. The van der Waals surface area contributed by atoms with E-state index in [9.17, 15) is 4.79 Å². The maximum Gasteiger partial charge on any atom is 0.412 e. The quantitative estimate of drug-likeness (QED) is 0.405. The zero-order valence-corrected chi connectivity index (χ0v) is 20.1. The highest BCUT2D eigenvalue weighted by molar-refractivity contribution is 6.74. The predicted molar refractivity (Wildman–Crippen MR) is 119 cm³/mol. The Kier molecular flexibility index (Phi) is 6.67.